The van der Waals surface area contributed by atoms with Crippen molar-refractivity contribution in [2.75, 3.05) is 12.5 Å². The minimum atomic E-state index is 0.251. The van der Waals surface area contributed by atoms with Crippen LogP contribution in [0.3, 0.4) is 0 Å². The summed E-state index contributed by atoms with van der Waals surface area (Å²) in [5, 5.41) is 8.29. The standard InChI is InChI=1S/C11H11ClN4O2/c12-9-1-7(3-16-4-10(13)14-15-16)11-8(2-9)5-17-6-18-11/h1-2,4H,3,5-6,13H2. The minimum Gasteiger partial charge on any atom is -0.467 e. The van der Waals surface area contributed by atoms with Gasteiger partial charge in [-0.1, -0.05) is 16.8 Å². The molecule has 0 aliphatic carbocycles. The zero-order valence-corrected chi connectivity index (χ0v) is 10.2. The van der Waals surface area contributed by atoms with Crippen LogP contribution in [0.15, 0.2) is 18.3 Å². The van der Waals surface area contributed by atoms with Gasteiger partial charge in [0.25, 0.3) is 0 Å². The lowest BCUT2D eigenvalue weighted by Gasteiger charge is -2.21. The highest BCUT2D eigenvalue weighted by Crippen LogP contribution is 2.32. The van der Waals surface area contributed by atoms with E-state index in [1.54, 1.807) is 10.9 Å². The molecule has 94 valence electrons. The summed E-state index contributed by atoms with van der Waals surface area (Å²) in [4.78, 5) is 0. The van der Waals surface area contributed by atoms with Crippen LogP contribution in [-0.2, 0) is 17.9 Å². The predicted molar refractivity (Wildman–Crippen MR) is 65.3 cm³/mol. The molecule has 0 saturated carbocycles. The molecule has 0 amide bonds. The molecule has 7 heteroatoms. The van der Waals surface area contributed by atoms with E-state index in [9.17, 15) is 0 Å². The van der Waals surface area contributed by atoms with Gasteiger partial charge in [-0.15, -0.1) is 5.10 Å². The maximum Gasteiger partial charge on any atom is 0.189 e. The van der Waals surface area contributed by atoms with E-state index in [2.05, 4.69) is 10.3 Å². The number of hydrogen-bond acceptors (Lipinski definition) is 5. The summed E-state index contributed by atoms with van der Waals surface area (Å²) in [6.45, 7) is 1.26. The van der Waals surface area contributed by atoms with Gasteiger partial charge in [-0.05, 0) is 12.1 Å². The minimum absolute atomic E-state index is 0.251. The molecule has 1 aromatic heterocycles. The molecule has 3 rings (SSSR count). The van der Waals surface area contributed by atoms with E-state index in [0.717, 1.165) is 16.9 Å². The largest absolute Gasteiger partial charge is 0.467 e. The van der Waals surface area contributed by atoms with E-state index in [1.165, 1.54) is 0 Å². The number of anilines is 1. The molecular weight excluding hydrogens is 256 g/mol. The molecule has 2 aromatic rings. The molecule has 0 spiro atoms. The van der Waals surface area contributed by atoms with Crippen molar-refractivity contribution in [2.24, 2.45) is 0 Å². The van der Waals surface area contributed by atoms with Crippen molar-refractivity contribution in [3.05, 3.63) is 34.5 Å². The first-order valence-electron chi connectivity index (χ1n) is 5.40. The van der Waals surface area contributed by atoms with Gasteiger partial charge in [0, 0.05) is 16.1 Å². The molecule has 6 nitrogen and oxygen atoms in total. The van der Waals surface area contributed by atoms with E-state index < -0.39 is 0 Å². The van der Waals surface area contributed by atoms with Crippen molar-refractivity contribution in [3.63, 3.8) is 0 Å². The molecule has 0 unspecified atom stereocenters. The van der Waals surface area contributed by atoms with Crippen LogP contribution in [0.1, 0.15) is 11.1 Å². The summed E-state index contributed by atoms with van der Waals surface area (Å²) in [6.07, 6.45) is 1.66. The predicted octanol–water partition coefficient (Wildman–Crippen LogP) is 1.43. The summed E-state index contributed by atoms with van der Waals surface area (Å²) in [7, 11) is 0. The molecule has 0 radical (unpaired) electrons. The molecule has 1 aliphatic heterocycles. The quantitative estimate of drug-likeness (QED) is 0.890. The maximum absolute atomic E-state index is 6.07. The van der Waals surface area contributed by atoms with Gasteiger partial charge in [-0.3, -0.25) is 0 Å². The Hall–Kier alpha value is -1.79. The third-order valence-electron chi connectivity index (χ3n) is 2.64. The Labute approximate surface area is 108 Å². The van der Waals surface area contributed by atoms with Crippen molar-refractivity contribution in [2.45, 2.75) is 13.2 Å². The number of benzene rings is 1. The highest BCUT2D eigenvalue weighted by molar-refractivity contribution is 6.30. The van der Waals surface area contributed by atoms with Crippen molar-refractivity contribution >= 4 is 17.4 Å². The van der Waals surface area contributed by atoms with E-state index in [4.69, 9.17) is 26.8 Å². The Bertz CT molecular complexity index is 584. The van der Waals surface area contributed by atoms with E-state index in [-0.39, 0.29) is 6.79 Å². The number of halogens is 1. The van der Waals surface area contributed by atoms with Crippen LogP contribution in [0, 0.1) is 0 Å². The SMILES string of the molecule is Nc1cn(Cc2cc(Cl)cc3c2OCOC3)nn1. The van der Waals surface area contributed by atoms with Gasteiger partial charge in [0.2, 0.25) is 0 Å². The zero-order chi connectivity index (χ0) is 12.5. The second-order valence-electron chi connectivity index (χ2n) is 4.00. The Morgan fingerprint density at radius 3 is 3.11 bits per heavy atom. The summed E-state index contributed by atoms with van der Waals surface area (Å²) in [5.41, 5.74) is 7.41. The zero-order valence-electron chi connectivity index (χ0n) is 9.47. The average Bonchev–Trinajstić information content (AvgIpc) is 2.74. The molecule has 1 aliphatic rings. The fourth-order valence-electron chi connectivity index (χ4n) is 1.94. The lowest BCUT2D eigenvalue weighted by Crippen LogP contribution is -2.14. The van der Waals surface area contributed by atoms with Crippen LogP contribution >= 0.6 is 11.6 Å². The lowest BCUT2D eigenvalue weighted by molar-refractivity contribution is -0.0171. The number of hydrogen-bond donors (Lipinski definition) is 1. The van der Waals surface area contributed by atoms with Crippen LogP contribution in [0.2, 0.25) is 5.02 Å². The molecule has 18 heavy (non-hydrogen) atoms. The van der Waals surface area contributed by atoms with Gasteiger partial charge in [0.1, 0.15) is 5.75 Å². The molecule has 0 saturated heterocycles. The Morgan fingerprint density at radius 2 is 2.33 bits per heavy atom. The maximum atomic E-state index is 6.07. The van der Waals surface area contributed by atoms with Crippen LogP contribution in [0.25, 0.3) is 0 Å². The van der Waals surface area contributed by atoms with Gasteiger partial charge < -0.3 is 15.2 Å². The molecule has 2 heterocycles. The topological polar surface area (TPSA) is 75.2 Å². The molecule has 0 atom stereocenters. The van der Waals surface area contributed by atoms with Gasteiger partial charge in [0.05, 0.1) is 19.3 Å². The Balaban J connectivity index is 1.98. The molecule has 0 bridgehead atoms. The van der Waals surface area contributed by atoms with Crippen molar-refractivity contribution < 1.29 is 9.47 Å². The molecule has 0 fully saturated rings. The summed E-state index contributed by atoms with van der Waals surface area (Å²) in [6, 6.07) is 3.69. The number of nitrogens with two attached hydrogens (primary N) is 1. The second-order valence-corrected chi connectivity index (χ2v) is 4.44. The number of fused-ring (bicyclic) bond motifs is 1. The Morgan fingerprint density at radius 1 is 1.44 bits per heavy atom. The first-order valence-corrected chi connectivity index (χ1v) is 5.77. The number of ether oxygens (including phenoxy) is 2. The molecule has 1 aromatic carbocycles. The van der Waals surface area contributed by atoms with Gasteiger partial charge in [-0.2, -0.15) is 0 Å². The average molecular weight is 267 g/mol. The highest BCUT2D eigenvalue weighted by Gasteiger charge is 2.17. The van der Waals surface area contributed by atoms with Crippen LogP contribution in [-0.4, -0.2) is 21.8 Å². The summed E-state index contributed by atoms with van der Waals surface area (Å²) in [5.74, 6) is 1.19. The number of nitrogen functional groups attached to an aromatic ring is 1. The third-order valence-corrected chi connectivity index (χ3v) is 2.86. The normalized spacial score (nSPS) is 14.1. The fourth-order valence-corrected chi connectivity index (χ4v) is 2.20. The molecular formula is C11H11ClN4O2. The van der Waals surface area contributed by atoms with Crippen molar-refractivity contribution in [3.8, 4) is 5.75 Å². The smallest absolute Gasteiger partial charge is 0.189 e. The fraction of sp³-hybridized carbons (Fsp3) is 0.273. The van der Waals surface area contributed by atoms with Gasteiger partial charge in [-0.25, -0.2) is 4.68 Å². The van der Waals surface area contributed by atoms with E-state index in [1.807, 2.05) is 12.1 Å². The monoisotopic (exact) mass is 266 g/mol. The first-order chi connectivity index (χ1) is 8.72. The second kappa shape index (κ2) is 4.47. The van der Waals surface area contributed by atoms with Crippen LogP contribution in [0.4, 0.5) is 5.82 Å². The third kappa shape index (κ3) is 2.12. The van der Waals surface area contributed by atoms with Crippen LogP contribution < -0.4 is 10.5 Å². The molecule has 2 N–H and O–H groups in total. The van der Waals surface area contributed by atoms with E-state index >= 15 is 0 Å². The highest BCUT2D eigenvalue weighted by atomic mass is 35.5. The summed E-state index contributed by atoms with van der Waals surface area (Å²) < 4.78 is 12.4. The van der Waals surface area contributed by atoms with Gasteiger partial charge >= 0.3 is 0 Å². The number of aromatic nitrogens is 3. The van der Waals surface area contributed by atoms with Crippen molar-refractivity contribution in [1.82, 2.24) is 15.0 Å². The Kier molecular flexibility index (Phi) is 2.81. The summed E-state index contributed by atoms with van der Waals surface area (Å²) >= 11 is 6.07. The van der Waals surface area contributed by atoms with E-state index in [0.29, 0.717) is 24.0 Å². The van der Waals surface area contributed by atoms with Gasteiger partial charge in [0.15, 0.2) is 12.6 Å². The first kappa shape index (κ1) is 11.3. The number of nitrogens with zero attached hydrogens (tertiary/aromatic N) is 3. The van der Waals surface area contributed by atoms with Crippen molar-refractivity contribution in [1.29, 1.82) is 0 Å². The van der Waals surface area contributed by atoms with Crippen LogP contribution in [0.5, 0.6) is 5.75 Å². The lowest BCUT2D eigenvalue weighted by atomic mass is 10.1. The number of rotatable bonds is 2.